The molecule has 3 heterocycles. The Hall–Kier alpha value is -2.19. The van der Waals surface area contributed by atoms with Crippen LogP contribution in [0, 0.1) is 0 Å². The van der Waals surface area contributed by atoms with E-state index in [4.69, 9.17) is 23.2 Å². The molecule has 0 bridgehead atoms. The van der Waals surface area contributed by atoms with E-state index in [1.54, 1.807) is 32.6 Å². The molecule has 1 amide bonds. The van der Waals surface area contributed by atoms with Gasteiger partial charge in [0.05, 0.1) is 6.54 Å². The summed E-state index contributed by atoms with van der Waals surface area (Å²) in [6.45, 7) is 0.196. The van der Waals surface area contributed by atoms with Gasteiger partial charge in [0.15, 0.2) is 0 Å². The zero-order chi connectivity index (χ0) is 15.9. The molecule has 0 atom stereocenters. The van der Waals surface area contributed by atoms with Crippen LogP contribution in [-0.4, -0.2) is 47.2 Å². The zero-order valence-corrected chi connectivity index (χ0v) is 13.2. The van der Waals surface area contributed by atoms with Crippen molar-refractivity contribution in [3.63, 3.8) is 0 Å². The van der Waals surface area contributed by atoms with E-state index < -0.39 is 0 Å². The monoisotopic (exact) mass is 339 g/mol. The lowest BCUT2D eigenvalue weighted by molar-refractivity contribution is 0.0771. The maximum atomic E-state index is 12.4. The van der Waals surface area contributed by atoms with Crippen molar-refractivity contribution in [3.8, 4) is 0 Å². The molecule has 0 aliphatic rings. The summed E-state index contributed by atoms with van der Waals surface area (Å²) in [5, 5.41) is 8.91. The van der Waals surface area contributed by atoms with Gasteiger partial charge < -0.3 is 4.90 Å². The minimum Gasteiger partial charge on any atom is -0.333 e. The second-order valence-corrected chi connectivity index (χ2v) is 5.37. The molecule has 0 aliphatic heterocycles. The molecule has 22 heavy (non-hydrogen) atoms. The van der Waals surface area contributed by atoms with E-state index in [1.165, 1.54) is 14.1 Å². The number of rotatable bonds is 3. The van der Waals surface area contributed by atoms with Gasteiger partial charge in [-0.05, 0) is 6.07 Å². The predicted octanol–water partition coefficient (Wildman–Crippen LogP) is 1.44. The number of halogens is 2. The molecule has 0 aliphatic carbocycles. The van der Waals surface area contributed by atoms with Crippen LogP contribution in [0.15, 0.2) is 18.5 Å². The molecular formula is C12H11Cl2N7O. The predicted molar refractivity (Wildman–Crippen MR) is 79.8 cm³/mol. The van der Waals surface area contributed by atoms with E-state index in [-0.39, 0.29) is 18.3 Å². The van der Waals surface area contributed by atoms with Crippen LogP contribution >= 0.6 is 23.2 Å². The van der Waals surface area contributed by atoms with Gasteiger partial charge in [0.2, 0.25) is 5.82 Å². The fourth-order valence-electron chi connectivity index (χ4n) is 1.92. The van der Waals surface area contributed by atoms with Crippen molar-refractivity contribution in [1.29, 1.82) is 0 Å². The summed E-state index contributed by atoms with van der Waals surface area (Å²) < 4.78 is 2.89. The van der Waals surface area contributed by atoms with E-state index in [2.05, 4.69) is 20.2 Å². The van der Waals surface area contributed by atoms with Crippen LogP contribution < -0.4 is 0 Å². The summed E-state index contributed by atoms with van der Waals surface area (Å²) >= 11 is 12.0. The van der Waals surface area contributed by atoms with Gasteiger partial charge in [0, 0.05) is 26.5 Å². The summed E-state index contributed by atoms with van der Waals surface area (Å²) in [6, 6.07) is 1.70. The van der Waals surface area contributed by atoms with Crippen LogP contribution in [-0.2, 0) is 13.6 Å². The minimum absolute atomic E-state index is 0.0550. The maximum Gasteiger partial charge on any atom is 0.293 e. The largest absolute Gasteiger partial charge is 0.333 e. The van der Waals surface area contributed by atoms with Gasteiger partial charge >= 0.3 is 0 Å². The van der Waals surface area contributed by atoms with Crippen molar-refractivity contribution in [1.82, 2.24) is 34.3 Å². The number of fused-ring (bicyclic) bond motifs is 1. The normalized spacial score (nSPS) is 11.1. The van der Waals surface area contributed by atoms with E-state index in [1.807, 2.05) is 0 Å². The first-order valence-electron chi connectivity index (χ1n) is 6.27. The van der Waals surface area contributed by atoms with Crippen molar-refractivity contribution in [2.24, 2.45) is 7.05 Å². The topological polar surface area (TPSA) is 81.2 Å². The molecule has 0 unspecified atom stereocenters. The molecule has 114 valence electrons. The van der Waals surface area contributed by atoms with Gasteiger partial charge in [-0.3, -0.25) is 9.48 Å². The number of aromatic nitrogens is 6. The number of aryl methyl sites for hydroxylation is 1. The van der Waals surface area contributed by atoms with Gasteiger partial charge in [0.1, 0.15) is 15.9 Å². The van der Waals surface area contributed by atoms with Gasteiger partial charge in [0.25, 0.3) is 11.7 Å². The molecule has 0 saturated heterocycles. The highest BCUT2D eigenvalue weighted by Crippen LogP contribution is 2.25. The molecule has 0 fully saturated rings. The van der Waals surface area contributed by atoms with Crippen molar-refractivity contribution in [2.45, 2.75) is 6.54 Å². The summed E-state index contributed by atoms with van der Waals surface area (Å²) in [6.07, 6.45) is 3.25. The van der Waals surface area contributed by atoms with Crippen LogP contribution in [0.4, 0.5) is 0 Å². The molecule has 0 aromatic carbocycles. The van der Waals surface area contributed by atoms with Crippen molar-refractivity contribution < 1.29 is 4.79 Å². The first kappa shape index (κ1) is 14.7. The number of hydrogen-bond acceptors (Lipinski definition) is 5. The average Bonchev–Trinajstić information content (AvgIpc) is 3.04. The van der Waals surface area contributed by atoms with Crippen LogP contribution in [0.3, 0.4) is 0 Å². The fraction of sp³-hybridized carbons (Fsp3) is 0.250. The molecule has 0 saturated carbocycles. The van der Waals surface area contributed by atoms with Crippen LogP contribution in [0.5, 0.6) is 0 Å². The standard InChI is InChI=1S/C12H11Cl2N7O/c1-19(6-7-8(13)9(14)20(2)17-7)11(22)10-16-12-15-4-3-5-21(12)18-10/h3-5H,6H2,1-2H3. The molecule has 0 spiro atoms. The molecule has 3 aromatic heterocycles. The van der Waals surface area contributed by atoms with E-state index in [0.29, 0.717) is 21.6 Å². The Morgan fingerprint density at radius 2 is 2.14 bits per heavy atom. The number of carbonyl (C=O) groups excluding carboxylic acids is 1. The number of carbonyl (C=O) groups is 1. The third-order valence-electron chi connectivity index (χ3n) is 3.03. The number of amides is 1. The molecule has 0 radical (unpaired) electrons. The lowest BCUT2D eigenvalue weighted by atomic mass is 10.4. The molecule has 0 N–H and O–H groups in total. The highest BCUT2D eigenvalue weighted by atomic mass is 35.5. The lowest BCUT2D eigenvalue weighted by Gasteiger charge is -2.13. The fourth-order valence-corrected chi connectivity index (χ4v) is 2.29. The smallest absolute Gasteiger partial charge is 0.293 e. The molecule has 10 heteroatoms. The first-order valence-corrected chi connectivity index (χ1v) is 7.02. The SMILES string of the molecule is CN(Cc1nn(C)c(Cl)c1Cl)C(=O)c1nc2ncccn2n1. The minimum atomic E-state index is -0.358. The quantitative estimate of drug-likeness (QED) is 0.721. The third kappa shape index (κ3) is 2.51. The van der Waals surface area contributed by atoms with Crippen molar-refractivity contribution in [3.05, 3.63) is 40.2 Å². The Labute approximate surface area is 135 Å². The number of hydrogen-bond donors (Lipinski definition) is 0. The summed E-state index contributed by atoms with van der Waals surface area (Å²) in [4.78, 5) is 21.9. The van der Waals surface area contributed by atoms with Crippen LogP contribution in [0.2, 0.25) is 10.2 Å². The summed E-state index contributed by atoms with van der Waals surface area (Å²) in [5.74, 6) is 0.0563. The maximum absolute atomic E-state index is 12.4. The van der Waals surface area contributed by atoms with Gasteiger partial charge in [-0.2, -0.15) is 10.1 Å². The Kier molecular flexibility index (Phi) is 3.71. The Morgan fingerprint density at radius 3 is 2.77 bits per heavy atom. The van der Waals surface area contributed by atoms with Crippen molar-refractivity contribution >= 4 is 34.9 Å². The zero-order valence-electron chi connectivity index (χ0n) is 11.7. The highest BCUT2D eigenvalue weighted by Gasteiger charge is 2.21. The van der Waals surface area contributed by atoms with Crippen molar-refractivity contribution in [2.75, 3.05) is 7.05 Å². The van der Waals surface area contributed by atoms with Gasteiger partial charge in [-0.25, -0.2) is 9.50 Å². The van der Waals surface area contributed by atoms with Crippen LogP contribution in [0.1, 0.15) is 16.3 Å². The Balaban J connectivity index is 1.83. The Bertz CT molecular complexity index is 823. The summed E-state index contributed by atoms with van der Waals surface area (Å²) in [7, 11) is 3.29. The molecule has 3 rings (SSSR count). The second kappa shape index (κ2) is 5.54. The molecule has 8 nitrogen and oxygen atoms in total. The highest BCUT2D eigenvalue weighted by molar-refractivity contribution is 6.41. The van der Waals surface area contributed by atoms with E-state index in [9.17, 15) is 4.79 Å². The molecule has 3 aromatic rings. The third-order valence-corrected chi connectivity index (χ3v) is 3.96. The van der Waals surface area contributed by atoms with Crippen LogP contribution in [0.25, 0.3) is 5.78 Å². The van der Waals surface area contributed by atoms with Gasteiger partial charge in [-0.1, -0.05) is 23.2 Å². The first-order chi connectivity index (χ1) is 10.5. The average molecular weight is 340 g/mol. The van der Waals surface area contributed by atoms with E-state index >= 15 is 0 Å². The van der Waals surface area contributed by atoms with E-state index in [0.717, 1.165) is 0 Å². The number of nitrogens with zero attached hydrogens (tertiary/aromatic N) is 7. The van der Waals surface area contributed by atoms with Gasteiger partial charge in [-0.15, -0.1) is 5.10 Å². The lowest BCUT2D eigenvalue weighted by Crippen LogP contribution is -2.27. The Morgan fingerprint density at radius 1 is 1.36 bits per heavy atom. The second-order valence-electron chi connectivity index (χ2n) is 4.64. The molecular weight excluding hydrogens is 329 g/mol. The summed E-state index contributed by atoms with van der Waals surface area (Å²) in [5.41, 5.74) is 0.506.